The highest BCUT2D eigenvalue weighted by Crippen LogP contribution is 2.22. The lowest BCUT2D eigenvalue weighted by Gasteiger charge is -2.22. The zero-order chi connectivity index (χ0) is 21.0. The van der Waals surface area contributed by atoms with E-state index >= 15 is 0 Å². The number of hydrogen-bond acceptors (Lipinski definition) is 5. The third-order valence-corrected chi connectivity index (χ3v) is 4.98. The Hall–Kier alpha value is -3.16. The molecule has 1 aliphatic carbocycles. The molecule has 0 aliphatic heterocycles. The van der Waals surface area contributed by atoms with Gasteiger partial charge in [-0.25, -0.2) is 9.78 Å². The predicted octanol–water partition coefficient (Wildman–Crippen LogP) is 3.41. The molecule has 8 heteroatoms. The molecule has 1 aliphatic rings. The summed E-state index contributed by atoms with van der Waals surface area (Å²) in [5.41, 5.74) is 0.976. The number of pyridine rings is 2. The molecule has 0 bridgehead atoms. The van der Waals surface area contributed by atoms with Crippen LogP contribution in [0.4, 0.5) is 10.6 Å². The van der Waals surface area contributed by atoms with E-state index < -0.39 is 0 Å². The molecule has 0 unspecified atom stereocenters. The molecular formula is C22H29N5O3. The first-order valence-corrected chi connectivity index (χ1v) is 10.5. The molecule has 2 aromatic rings. The van der Waals surface area contributed by atoms with Crippen LogP contribution in [0.3, 0.4) is 0 Å². The first-order chi connectivity index (χ1) is 14.7. The van der Waals surface area contributed by atoms with E-state index in [1.807, 2.05) is 12.1 Å². The maximum Gasteiger partial charge on any atom is 0.315 e. The van der Waals surface area contributed by atoms with E-state index in [2.05, 4.69) is 25.9 Å². The van der Waals surface area contributed by atoms with Crippen molar-refractivity contribution in [1.82, 2.24) is 20.6 Å². The van der Waals surface area contributed by atoms with E-state index in [4.69, 9.17) is 4.74 Å². The van der Waals surface area contributed by atoms with Crippen LogP contribution in [-0.4, -0.2) is 34.5 Å². The van der Waals surface area contributed by atoms with Crippen LogP contribution >= 0.6 is 0 Å². The van der Waals surface area contributed by atoms with Crippen LogP contribution in [0, 0.1) is 0 Å². The molecule has 0 saturated heterocycles. The van der Waals surface area contributed by atoms with Gasteiger partial charge in [-0.1, -0.05) is 19.3 Å². The molecule has 0 aromatic carbocycles. The van der Waals surface area contributed by atoms with E-state index in [0.717, 1.165) is 18.4 Å². The maximum absolute atomic E-state index is 12.3. The van der Waals surface area contributed by atoms with E-state index in [1.165, 1.54) is 19.3 Å². The Morgan fingerprint density at radius 2 is 1.87 bits per heavy atom. The van der Waals surface area contributed by atoms with Gasteiger partial charge in [0.05, 0.1) is 0 Å². The highest BCUT2D eigenvalue weighted by Gasteiger charge is 2.15. The Balaban J connectivity index is 1.37. The molecule has 3 amide bonds. The number of aromatic nitrogens is 2. The van der Waals surface area contributed by atoms with Crippen molar-refractivity contribution < 1.29 is 14.3 Å². The topological polar surface area (TPSA) is 105 Å². The molecule has 1 saturated carbocycles. The second-order valence-corrected chi connectivity index (χ2v) is 7.38. The van der Waals surface area contributed by atoms with Gasteiger partial charge in [-0.3, -0.25) is 9.78 Å². The molecule has 0 spiro atoms. The van der Waals surface area contributed by atoms with Crippen LogP contribution in [0.25, 0.3) is 0 Å². The highest BCUT2D eigenvalue weighted by atomic mass is 16.5. The Bertz CT molecular complexity index is 809. The molecule has 1 fully saturated rings. The summed E-state index contributed by atoms with van der Waals surface area (Å²) in [4.78, 5) is 32.4. The summed E-state index contributed by atoms with van der Waals surface area (Å²) in [5, 5.41) is 8.61. The van der Waals surface area contributed by atoms with Crippen LogP contribution in [-0.2, 0) is 11.4 Å². The standard InChI is InChI=1S/C22H29N5O3/c28-20(9-5-13-25-22(29)26-18-6-2-1-3-7-18)27-21-19(8-4-12-24-21)30-16-17-10-14-23-15-11-17/h4,8,10-12,14-15,18H,1-3,5-7,9,13,16H2,(H,24,27,28)(H2,25,26,29). The van der Waals surface area contributed by atoms with Gasteiger partial charge in [-0.15, -0.1) is 0 Å². The molecule has 8 nitrogen and oxygen atoms in total. The van der Waals surface area contributed by atoms with Gasteiger partial charge in [0.1, 0.15) is 6.61 Å². The number of anilines is 1. The fourth-order valence-corrected chi connectivity index (χ4v) is 3.37. The normalized spacial score (nSPS) is 14.0. The number of nitrogens with zero attached hydrogens (tertiary/aromatic N) is 2. The minimum absolute atomic E-state index is 0.154. The monoisotopic (exact) mass is 411 g/mol. The van der Waals surface area contributed by atoms with E-state index in [0.29, 0.717) is 31.1 Å². The van der Waals surface area contributed by atoms with Crippen molar-refractivity contribution in [2.75, 3.05) is 11.9 Å². The van der Waals surface area contributed by atoms with Crippen molar-refractivity contribution in [3.63, 3.8) is 0 Å². The number of amides is 3. The van der Waals surface area contributed by atoms with Gasteiger partial charge in [0.25, 0.3) is 0 Å². The number of ether oxygens (including phenoxy) is 1. The van der Waals surface area contributed by atoms with Crippen LogP contribution in [0.1, 0.15) is 50.5 Å². The van der Waals surface area contributed by atoms with Crippen molar-refractivity contribution in [3.8, 4) is 5.75 Å². The lowest BCUT2D eigenvalue weighted by molar-refractivity contribution is -0.116. The Kier molecular flexibility index (Phi) is 8.44. The van der Waals surface area contributed by atoms with Gasteiger partial charge < -0.3 is 20.7 Å². The minimum Gasteiger partial charge on any atom is -0.485 e. The van der Waals surface area contributed by atoms with Crippen LogP contribution < -0.4 is 20.7 Å². The van der Waals surface area contributed by atoms with Gasteiger partial charge in [-0.05, 0) is 49.1 Å². The first-order valence-electron chi connectivity index (χ1n) is 10.5. The third kappa shape index (κ3) is 7.35. The summed E-state index contributed by atoms with van der Waals surface area (Å²) in [6, 6.07) is 7.38. The van der Waals surface area contributed by atoms with Crippen LogP contribution in [0.5, 0.6) is 5.75 Å². The summed E-state index contributed by atoms with van der Waals surface area (Å²) in [6.07, 6.45) is 11.5. The SMILES string of the molecule is O=C(CCCNC(=O)NC1CCCCC1)Nc1ncccc1OCc1ccncc1. The molecule has 30 heavy (non-hydrogen) atoms. The third-order valence-electron chi connectivity index (χ3n) is 4.98. The van der Waals surface area contributed by atoms with E-state index in [9.17, 15) is 9.59 Å². The number of carbonyl (C=O) groups is 2. The molecule has 3 N–H and O–H groups in total. The Morgan fingerprint density at radius 1 is 1.07 bits per heavy atom. The second kappa shape index (κ2) is 11.7. The fraction of sp³-hybridized carbons (Fsp3) is 0.455. The van der Waals surface area contributed by atoms with Crippen molar-refractivity contribution in [2.45, 2.75) is 57.6 Å². The Labute approximate surface area is 176 Å². The summed E-state index contributed by atoms with van der Waals surface area (Å²) in [5.74, 6) is 0.726. The number of carbonyl (C=O) groups excluding carboxylic acids is 2. The highest BCUT2D eigenvalue weighted by molar-refractivity contribution is 5.91. The smallest absolute Gasteiger partial charge is 0.315 e. The van der Waals surface area contributed by atoms with E-state index in [1.54, 1.807) is 30.7 Å². The number of rotatable bonds is 9. The molecule has 160 valence electrons. The van der Waals surface area contributed by atoms with Gasteiger partial charge in [0.2, 0.25) is 5.91 Å². The summed E-state index contributed by atoms with van der Waals surface area (Å²) in [7, 11) is 0. The van der Waals surface area contributed by atoms with Gasteiger partial charge in [-0.2, -0.15) is 0 Å². The summed E-state index contributed by atoms with van der Waals surface area (Å²) < 4.78 is 5.78. The fourth-order valence-electron chi connectivity index (χ4n) is 3.37. The van der Waals surface area contributed by atoms with Gasteiger partial charge in [0.15, 0.2) is 11.6 Å². The maximum atomic E-state index is 12.3. The molecule has 3 rings (SSSR count). The second-order valence-electron chi connectivity index (χ2n) is 7.38. The summed E-state index contributed by atoms with van der Waals surface area (Å²) in [6.45, 7) is 0.802. The predicted molar refractivity (Wildman–Crippen MR) is 114 cm³/mol. The molecule has 2 heterocycles. The number of nitrogens with one attached hydrogen (secondary N) is 3. The van der Waals surface area contributed by atoms with Crippen LogP contribution in [0.2, 0.25) is 0 Å². The van der Waals surface area contributed by atoms with Crippen LogP contribution in [0.15, 0.2) is 42.9 Å². The van der Waals surface area contributed by atoms with Crippen molar-refractivity contribution in [1.29, 1.82) is 0 Å². The summed E-state index contributed by atoms with van der Waals surface area (Å²) >= 11 is 0. The van der Waals surface area contributed by atoms with Gasteiger partial charge in [0, 0.05) is 37.6 Å². The molecule has 0 atom stereocenters. The zero-order valence-corrected chi connectivity index (χ0v) is 17.1. The Morgan fingerprint density at radius 3 is 2.67 bits per heavy atom. The molecule has 0 radical (unpaired) electrons. The molecular weight excluding hydrogens is 382 g/mol. The molecule has 2 aromatic heterocycles. The first kappa shape index (κ1) is 21.5. The van der Waals surface area contributed by atoms with E-state index in [-0.39, 0.29) is 24.4 Å². The number of hydrogen-bond donors (Lipinski definition) is 3. The average Bonchev–Trinajstić information content (AvgIpc) is 2.77. The van der Waals surface area contributed by atoms with Crippen molar-refractivity contribution in [2.24, 2.45) is 0 Å². The largest absolute Gasteiger partial charge is 0.485 e. The van der Waals surface area contributed by atoms with Crippen molar-refractivity contribution >= 4 is 17.8 Å². The zero-order valence-electron chi connectivity index (χ0n) is 17.1. The lowest BCUT2D eigenvalue weighted by atomic mass is 9.96. The number of urea groups is 1. The van der Waals surface area contributed by atoms with Gasteiger partial charge >= 0.3 is 6.03 Å². The minimum atomic E-state index is -0.169. The quantitative estimate of drug-likeness (QED) is 0.549. The average molecular weight is 412 g/mol. The lowest BCUT2D eigenvalue weighted by Crippen LogP contribution is -2.43. The van der Waals surface area contributed by atoms with Crippen molar-refractivity contribution in [3.05, 3.63) is 48.4 Å².